The molecule has 0 aliphatic rings. The number of hydrogen-bond acceptors (Lipinski definition) is 5. The fraction of sp³-hybridized carbons (Fsp3) is 0.471. The van der Waals surface area contributed by atoms with Crippen LogP contribution in [0.25, 0.3) is 0 Å². The van der Waals surface area contributed by atoms with Crippen molar-refractivity contribution in [1.29, 1.82) is 0 Å². The van der Waals surface area contributed by atoms with Crippen molar-refractivity contribution in [2.75, 3.05) is 12.4 Å². The second-order valence-corrected chi connectivity index (χ2v) is 6.40. The molecule has 0 saturated heterocycles. The van der Waals surface area contributed by atoms with Crippen LogP contribution >= 0.6 is 0 Å². The first kappa shape index (κ1) is 20.3. The molecule has 1 rings (SSSR count). The van der Waals surface area contributed by atoms with Gasteiger partial charge in [-0.05, 0) is 45.4 Å². The van der Waals surface area contributed by atoms with Crippen LogP contribution in [0.2, 0.25) is 0 Å². The third-order valence-electron chi connectivity index (χ3n) is 2.98. The summed E-state index contributed by atoms with van der Waals surface area (Å²) in [7, 11) is 1.28. The molecule has 8 heteroatoms. The summed E-state index contributed by atoms with van der Waals surface area (Å²) in [5, 5.41) is 7.72. The van der Waals surface area contributed by atoms with Crippen molar-refractivity contribution in [3.05, 3.63) is 29.8 Å². The summed E-state index contributed by atoms with van der Waals surface area (Å²) in [6.07, 6.45) is -1.20. The SMILES string of the molecule is COC(=O)Nc1ccc(CNC(=O)[C@@H](C)NC(=O)OC(C)(C)C)cc1. The van der Waals surface area contributed by atoms with Crippen LogP contribution in [0.15, 0.2) is 24.3 Å². The van der Waals surface area contributed by atoms with E-state index in [0.29, 0.717) is 5.69 Å². The molecule has 8 nitrogen and oxygen atoms in total. The number of amides is 3. The fourth-order valence-corrected chi connectivity index (χ4v) is 1.77. The van der Waals surface area contributed by atoms with E-state index in [2.05, 4.69) is 20.7 Å². The Morgan fingerprint density at radius 2 is 1.68 bits per heavy atom. The molecule has 0 unspecified atom stereocenters. The Labute approximate surface area is 147 Å². The molecular weight excluding hydrogens is 326 g/mol. The lowest BCUT2D eigenvalue weighted by molar-refractivity contribution is -0.122. The van der Waals surface area contributed by atoms with Crippen molar-refractivity contribution in [3.8, 4) is 0 Å². The minimum atomic E-state index is -0.727. The average molecular weight is 351 g/mol. The second-order valence-electron chi connectivity index (χ2n) is 6.40. The molecule has 0 radical (unpaired) electrons. The first-order valence-corrected chi connectivity index (χ1v) is 7.82. The number of carbonyl (C=O) groups excluding carboxylic acids is 3. The van der Waals surface area contributed by atoms with Gasteiger partial charge in [0.2, 0.25) is 5.91 Å². The van der Waals surface area contributed by atoms with Crippen LogP contribution in [0.4, 0.5) is 15.3 Å². The van der Waals surface area contributed by atoms with Crippen molar-refractivity contribution in [2.45, 2.75) is 45.9 Å². The molecule has 0 aliphatic heterocycles. The smallest absolute Gasteiger partial charge is 0.411 e. The highest BCUT2D eigenvalue weighted by Crippen LogP contribution is 2.10. The summed E-state index contributed by atoms with van der Waals surface area (Å²) < 4.78 is 9.60. The highest BCUT2D eigenvalue weighted by atomic mass is 16.6. The molecule has 1 atom stereocenters. The predicted molar refractivity (Wildman–Crippen MR) is 93.1 cm³/mol. The molecule has 3 amide bonds. The van der Waals surface area contributed by atoms with Gasteiger partial charge in [0, 0.05) is 12.2 Å². The average Bonchev–Trinajstić information content (AvgIpc) is 2.51. The number of hydrogen-bond donors (Lipinski definition) is 3. The largest absolute Gasteiger partial charge is 0.453 e. The van der Waals surface area contributed by atoms with E-state index in [1.54, 1.807) is 52.0 Å². The standard InChI is InChI=1S/C17H25N3O5/c1-11(19-16(23)25-17(2,3)4)14(21)18-10-12-6-8-13(9-7-12)20-15(22)24-5/h6-9,11H,10H2,1-5H3,(H,18,21)(H,19,23)(H,20,22)/t11-/m1/s1. The Kier molecular flexibility index (Phi) is 7.22. The molecule has 25 heavy (non-hydrogen) atoms. The Morgan fingerprint density at radius 1 is 1.08 bits per heavy atom. The lowest BCUT2D eigenvalue weighted by atomic mass is 10.2. The number of carbonyl (C=O) groups is 3. The highest BCUT2D eigenvalue weighted by Gasteiger charge is 2.20. The van der Waals surface area contributed by atoms with Crippen molar-refractivity contribution in [2.24, 2.45) is 0 Å². The third-order valence-corrected chi connectivity index (χ3v) is 2.98. The topological polar surface area (TPSA) is 106 Å². The summed E-state index contributed by atoms with van der Waals surface area (Å²) >= 11 is 0. The number of rotatable bonds is 5. The molecule has 0 aliphatic carbocycles. The Hall–Kier alpha value is -2.77. The van der Waals surface area contributed by atoms with Crippen LogP contribution < -0.4 is 16.0 Å². The van der Waals surface area contributed by atoms with Gasteiger partial charge in [0.05, 0.1) is 7.11 Å². The molecule has 1 aromatic rings. The summed E-state index contributed by atoms with van der Waals surface area (Å²) in [4.78, 5) is 34.7. The van der Waals surface area contributed by atoms with Gasteiger partial charge in [0.15, 0.2) is 0 Å². The van der Waals surface area contributed by atoms with Gasteiger partial charge in [-0.15, -0.1) is 0 Å². The number of anilines is 1. The predicted octanol–water partition coefficient (Wildman–Crippen LogP) is 2.39. The summed E-state index contributed by atoms with van der Waals surface area (Å²) in [6.45, 7) is 7.10. The van der Waals surface area contributed by atoms with Gasteiger partial charge in [-0.25, -0.2) is 9.59 Å². The van der Waals surface area contributed by atoms with Gasteiger partial charge in [0.25, 0.3) is 0 Å². The molecule has 0 aromatic heterocycles. The molecule has 0 bridgehead atoms. The van der Waals surface area contributed by atoms with E-state index in [4.69, 9.17) is 4.74 Å². The van der Waals surface area contributed by atoms with Gasteiger partial charge >= 0.3 is 12.2 Å². The van der Waals surface area contributed by atoms with E-state index < -0.39 is 23.8 Å². The maximum atomic E-state index is 12.0. The third kappa shape index (κ3) is 8.05. The minimum absolute atomic E-state index is 0.289. The van der Waals surface area contributed by atoms with Crippen molar-refractivity contribution >= 4 is 23.8 Å². The normalized spacial score (nSPS) is 11.9. The molecule has 3 N–H and O–H groups in total. The van der Waals surface area contributed by atoms with E-state index in [9.17, 15) is 14.4 Å². The van der Waals surface area contributed by atoms with Gasteiger partial charge in [-0.2, -0.15) is 0 Å². The molecule has 0 saturated carbocycles. The lowest BCUT2D eigenvalue weighted by Gasteiger charge is -2.21. The maximum absolute atomic E-state index is 12.0. The van der Waals surface area contributed by atoms with E-state index in [1.807, 2.05) is 0 Å². The Bertz CT molecular complexity index is 608. The van der Waals surface area contributed by atoms with Crippen LogP contribution in [-0.2, 0) is 20.8 Å². The summed E-state index contributed by atoms with van der Waals surface area (Å²) in [5.41, 5.74) is 0.801. The molecule has 0 heterocycles. The van der Waals surface area contributed by atoms with Crippen molar-refractivity contribution in [3.63, 3.8) is 0 Å². The van der Waals surface area contributed by atoms with Crippen molar-refractivity contribution < 1.29 is 23.9 Å². The van der Waals surface area contributed by atoms with Crippen LogP contribution in [0, 0.1) is 0 Å². The summed E-state index contributed by atoms with van der Waals surface area (Å²) in [5.74, 6) is -0.331. The van der Waals surface area contributed by atoms with Crippen LogP contribution in [-0.4, -0.2) is 36.8 Å². The number of alkyl carbamates (subject to hydrolysis) is 1. The molecular formula is C17H25N3O5. The highest BCUT2D eigenvalue weighted by molar-refractivity contribution is 5.85. The van der Waals surface area contributed by atoms with Crippen molar-refractivity contribution in [1.82, 2.24) is 10.6 Å². The van der Waals surface area contributed by atoms with Crippen LogP contribution in [0.1, 0.15) is 33.3 Å². The Morgan fingerprint density at radius 3 is 2.20 bits per heavy atom. The fourth-order valence-electron chi connectivity index (χ4n) is 1.77. The van der Waals surface area contributed by atoms with Gasteiger partial charge < -0.3 is 20.1 Å². The number of methoxy groups -OCH3 is 1. The van der Waals surface area contributed by atoms with E-state index in [-0.39, 0.29) is 12.5 Å². The van der Waals surface area contributed by atoms with E-state index >= 15 is 0 Å². The van der Waals surface area contributed by atoms with E-state index in [1.165, 1.54) is 7.11 Å². The first-order chi connectivity index (χ1) is 11.6. The number of nitrogens with one attached hydrogen (secondary N) is 3. The zero-order chi connectivity index (χ0) is 19.0. The zero-order valence-electron chi connectivity index (χ0n) is 15.1. The van der Waals surface area contributed by atoms with Gasteiger partial charge in [-0.1, -0.05) is 12.1 Å². The lowest BCUT2D eigenvalue weighted by Crippen LogP contribution is -2.46. The first-order valence-electron chi connectivity index (χ1n) is 7.82. The van der Waals surface area contributed by atoms with E-state index in [0.717, 1.165) is 5.56 Å². The Balaban J connectivity index is 2.45. The number of ether oxygens (including phenoxy) is 2. The monoisotopic (exact) mass is 351 g/mol. The quantitative estimate of drug-likeness (QED) is 0.755. The van der Waals surface area contributed by atoms with Gasteiger partial charge in [0.1, 0.15) is 11.6 Å². The minimum Gasteiger partial charge on any atom is -0.453 e. The molecule has 138 valence electrons. The molecule has 0 fully saturated rings. The van der Waals surface area contributed by atoms with Crippen LogP contribution in [0.3, 0.4) is 0 Å². The zero-order valence-corrected chi connectivity index (χ0v) is 15.1. The summed E-state index contributed by atoms with van der Waals surface area (Å²) in [6, 6.07) is 6.19. The maximum Gasteiger partial charge on any atom is 0.411 e. The molecule has 0 spiro atoms. The van der Waals surface area contributed by atoms with Crippen LogP contribution in [0.5, 0.6) is 0 Å². The number of benzene rings is 1. The van der Waals surface area contributed by atoms with Gasteiger partial charge in [-0.3, -0.25) is 10.1 Å². The second kappa shape index (κ2) is 8.91. The molecule has 1 aromatic carbocycles.